The molecule has 0 aromatic carbocycles. The molecule has 18 heavy (non-hydrogen) atoms. The summed E-state index contributed by atoms with van der Waals surface area (Å²) in [5.74, 6) is -0.902. The van der Waals surface area contributed by atoms with Crippen LogP contribution in [0.1, 0.15) is 30.8 Å². The van der Waals surface area contributed by atoms with Gasteiger partial charge in [-0.25, -0.2) is 18.2 Å². The maximum Gasteiger partial charge on any atom is 0.354 e. The van der Waals surface area contributed by atoms with E-state index in [2.05, 4.69) is 9.71 Å². The number of rotatable bonds is 6. The van der Waals surface area contributed by atoms with Crippen molar-refractivity contribution < 1.29 is 18.3 Å². The number of hydrogen-bond donors (Lipinski definition) is 2. The zero-order chi connectivity index (χ0) is 13.8. The fourth-order valence-electron chi connectivity index (χ4n) is 1.21. The number of aromatic carboxylic acids is 1. The molecular weight excluding hydrogens is 256 g/mol. The highest BCUT2D eigenvalue weighted by Gasteiger charge is 2.13. The summed E-state index contributed by atoms with van der Waals surface area (Å²) in [7, 11) is -3.48. The van der Waals surface area contributed by atoms with Crippen LogP contribution in [0.5, 0.6) is 0 Å². The Balaban J connectivity index is 2.78. The van der Waals surface area contributed by atoms with Gasteiger partial charge in [0.05, 0.1) is 5.75 Å². The number of nitrogens with one attached hydrogen (secondary N) is 1. The van der Waals surface area contributed by atoms with Gasteiger partial charge in [-0.1, -0.05) is 19.9 Å². The topological polar surface area (TPSA) is 96.4 Å². The third kappa shape index (κ3) is 4.70. The van der Waals surface area contributed by atoms with Crippen molar-refractivity contribution in [2.75, 3.05) is 10.5 Å². The first-order valence-corrected chi connectivity index (χ1v) is 7.16. The van der Waals surface area contributed by atoms with Crippen LogP contribution in [0.2, 0.25) is 0 Å². The van der Waals surface area contributed by atoms with Crippen LogP contribution in [-0.4, -0.2) is 30.2 Å². The lowest BCUT2D eigenvalue weighted by molar-refractivity contribution is 0.0690. The molecule has 0 atom stereocenters. The van der Waals surface area contributed by atoms with E-state index in [0.29, 0.717) is 6.42 Å². The molecule has 0 aliphatic carbocycles. The highest BCUT2D eigenvalue weighted by atomic mass is 32.2. The Morgan fingerprint density at radius 2 is 2.11 bits per heavy atom. The predicted molar refractivity (Wildman–Crippen MR) is 68.1 cm³/mol. The van der Waals surface area contributed by atoms with E-state index >= 15 is 0 Å². The summed E-state index contributed by atoms with van der Waals surface area (Å²) >= 11 is 0. The molecule has 0 bridgehead atoms. The van der Waals surface area contributed by atoms with Crippen LogP contribution in [0.25, 0.3) is 0 Å². The standard InChI is InChI=1S/C11H16N2O4S/c1-8(2)6-7-18(16,17)13-10-5-3-4-9(12-10)11(14)15/h3-5,8H,6-7H2,1-2H3,(H,12,13)(H,14,15). The monoisotopic (exact) mass is 272 g/mol. The molecule has 0 amide bonds. The van der Waals surface area contributed by atoms with Crippen LogP contribution in [0.4, 0.5) is 5.82 Å². The van der Waals surface area contributed by atoms with Gasteiger partial charge in [-0.15, -0.1) is 0 Å². The van der Waals surface area contributed by atoms with Gasteiger partial charge in [0.1, 0.15) is 5.82 Å². The molecule has 1 aromatic rings. The van der Waals surface area contributed by atoms with E-state index in [9.17, 15) is 13.2 Å². The van der Waals surface area contributed by atoms with Gasteiger partial charge >= 0.3 is 5.97 Å². The fourth-order valence-corrected chi connectivity index (χ4v) is 2.53. The van der Waals surface area contributed by atoms with E-state index in [-0.39, 0.29) is 23.2 Å². The van der Waals surface area contributed by atoms with Crippen LogP contribution in [0.15, 0.2) is 18.2 Å². The SMILES string of the molecule is CC(C)CCS(=O)(=O)Nc1cccc(C(=O)O)n1. The Kier molecular flexibility index (Phi) is 4.66. The van der Waals surface area contributed by atoms with Gasteiger partial charge in [-0.05, 0) is 24.5 Å². The van der Waals surface area contributed by atoms with E-state index in [1.165, 1.54) is 18.2 Å². The van der Waals surface area contributed by atoms with E-state index in [4.69, 9.17) is 5.11 Å². The summed E-state index contributed by atoms with van der Waals surface area (Å²) in [5, 5.41) is 8.74. The number of aromatic nitrogens is 1. The lowest BCUT2D eigenvalue weighted by Gasteiger charge is -2.08. The molecule has 0 fully saturated rings. The summed E-state index contributed by atoms with van der Waals surface area (Å²) in [6.07, 6.45) is 0.536. The van der Waals surface area contributed by atoms with E-state index in [1.54, 1.807) is 0 Å². The maximum atomic E-state index is 11.7. The van der Waals surface area contributed by atoms with Gasteiger partial charge in [0, 0.05) is 0 Å². The molecule has 0 spiro atoms. The highest BCUT2D eigenvalue weighted by Crippen LogP contribution is 2.09. The third-order valence-electron chi connectivity index (χ3n) is 2.19. The number of carbonyl (C=O) groups is 1. The van der Waals surface area contributed by atoms with Crippen LogP contribution in [0, 0.1) is 5.92 Å². The van der Waals surface area contributed by atoms with Gasteiger partial charge in [0.25, 0.3) is 0 Å². The van der Waals surface area contributed by atoms with Crippen molar-refractivity contribution in [3.05, 3.63) is 23.9 Å². The molecule has 0 aliphatic rings. The predicted octanol–water partition coefficient (Wildman–Crippen LogP) is 1.57. The van der Waals surface area contributed by atoms with E-state index < -0.39 is 16.0 Å². The number of anilines is 1. The lowest BCUT2D eigenvalue weighted by Crippen LogP contribution is -2.19. The number of carboxylic acids is 1. The first kappa shape index (κ1) is 14.4. The number of pyridine rings is 1. The molecule has 1 heterocycles. The summed E-state index contributed by atoms with van der Waals surface area (Å²) < 4.78 is 25.6. The van der Waals surface area contributed by atoms with Crippen molar-refractivity contribution in [3.63, 3.8) is 0 Å². The molecule has 7 heteroatoms. The molecule has 2 N–H and O–H groups in total. The van der Waals surface area contributed by atoms with Gasteiger partial charge in [-0.2, -0.15) is 0 Å². The molecule has 0 unspecified atom stereocenters. The first-order valence-electron chi connectivity index (χ1n) is 5.51. The minimum Gasteiger partial charge on any atom is -0.477 e. The third-order valence-corrected chi connectivity index (χ3v) is 3.49. The minimum absolute atomic E-state index is 0.0103. The first-order chi connectivity index (χ1) is 8.30. The normalized spacial score (nSPS) is 11.5. The maximum absolute atomic E-state index is 11.7. The smallest absolute Gasteiger partial charge is 0.354 e. The number of carboxylic acid groups (broad SMARTS) is 1. The second-order valence-electron chi connectivity index (χ2n) is 4.32. The van der Waals surface area contributed by atoms with Crippen molar-refractivity contribution in [2.24, 2.45) is 5.92 Å². The molecule has 0 saturated heterocycles. The van der Waals surface area contributed by atoms with Gasteiger partial charge in [-0.3, -0.25) is 4.72 Å². The zero-order valence-electron chi connectivity index (χ0n) is 10.3. The highest BCUT2D eigenvalue weighted by molar-refractivity contribution is 7.92. The van der Waals surface area contributed by atoms with Crippen molar-refractivity contribution in [3.8, 4) is 0 Å². The zero-order valence-corrected chi connectivity index (χ0v) is 11.1. The Hall–Kier alpha value is -1.63. The average Bonchev–Trinajstić information content (AvgIpc) is 2.26. The average molecular weight is 272 g/mol. The van der Waals surface area contributed by atoms with Gasteiger partial charge < -0.3 is 5.11 Å². The number of sulfonamides is 1. The number of nitrogens with zero attached hydrogens (tertiary/aromatic N) is 1. The molecule has 1 rings (SSSR count). The second kappa shape index (κ2) is 5.81. The summed E-state index contributed by atoms with van der Waals surface area (Å²) in [6, 6.07) is 4.16. The van der Waals surface area contributed by atoms with Crippen molar-refractivity contribution in [1.82, 2.24) is 4.98 Å². The quantitative estimate of drug-likeness (QED) is 0.819. The Labute approximate surface area is 106 Å². The molecule has 1 aromatic heterocycles. The second-order valence-corrected chi connectivity index (χ2v) is 6.16. The molecule has 100 valence electrons. The number of hydrogen-bond acceptors (Lipinski definition) is 4. The van der Waals surface area contributed by atoms with Gasteiger partial charge in [0.15, 0.2) is 5.69 Å². The summed E-state index contributed by atoms with van der Waals surface area (Å²) in [4.78, 5) is 14.4. The molecule has 0 radical (unpaired) electrons. The Morgan fingerprint density at radius 1 is 1.44 bits per heavy atom. The van der Waals surface area contributed by atoms with Crippen molar-refractivity contribution in [1.29, 1.82) is 0 Å². The Morgan fingerprint density at radius 3 is 2.67 bits per heavy atom. The van der Waals surface area contributed by atoms with E-state index in [1.807, 2.05) is 13.8 Å². The summed E-state index contributed by atoms with van der Waals surface area (Å²) in [5.41, 5.74) is -0.195. The lowest BCUT2D eigenvalue weighted by atomic mass is 10.2. The largest absolute Gasteiger partial charge is 0.477 e. The minimum atomic E-state index is -3.48. The molecule has 0 aliphatic heterocycles. The molecule has 0 saturated carbocycles. The molecule has 6 nitrogen and oxygen atoms in total. The summed E-state index contributed by atoms with van der Waals surface area (Å²) in [6.45, 7) is 3.86. The van der Waals surface area contributed by atoms with Crippen LogP contribution < -0.4 is 4.72 Å². The van der Waals surface area contributed by atoms with Crippen molar-refractivity contribution >= 4 is 21.8 Å². The molecular formula is C11H16N2O4S. The fraction of sp³-hybridized carbons (Fsp3) is 0.455. The van der Waals surface area contributed by atoms with Crippen LogP contribution in [-0.2, 0) is 10.0 Å². The Bertz CT molecular complexity index is 526. The van der Waals surface area contributed by atoms with Crippen LogP contribution in [0.3, 0.4) is 0 Å². The van der Waals surface area contributed by atoms with E-state index in [0.717, 1.165) is 0 Å². The van der Waals surface area contributed by atoms with Crippen molar-refractivity contribution in [2.45, 2.75) is 20.3 Å². The van der Waals surface area contributed by atoms with Gasteiger partial charge in [0.2, 0.25) is 10.0 Å². The van der Waals surface area contributed by atoms with Crippen LogP contribution >= 0.6 is 0 Å².